The highest BCUT2D eigenvalue weighted by Gasteiger charge is 2.26. The largest absolute Gasteiger partial charge is 0.473 e. The summed E-state index contributed by atoms with van der Waals surface area (Å²) in [5, 5.41) is 8.18. The van der Waals surface area contributed by atoms with Crippen LogP contribution in [0.5, 0.6) is 5.88 Å². The number of hydrogen-bond acceptors (Lipinski definition) is 4. The van der Waals surface area contributed by atoms with E-state index in [4.69, 9.17) is 16.3 Å². The van der Waals surface area contributed by atoms with E-state index in [1.165, 1.54) is 0 Å². The van der Waals surface area contributed by atoms with E-state index in [9.17, 15) is 4.79 Å². The summed E-state index contributed by atoms with van der Waals surface area (Å²) in [6.07, 6.45) is 3.17. The number of ether oxygens (including phenoxy) is 1. The second-order valence-electron chi connectivity index (χ2n) is 5.30. The third-order valence-electron chi connectivity index (χ3n) is 3.72. The average Bonchev–Trinajstić information content (AvgIpc) is 2.58. The van der Waals surface area contributed by atoms with Gasteiger partial charge in [0, 0.05) is 42.7 Å². The van der Waals surface area contributed by atoms with E-state index in [0.717, 1.165) is 17.3 Å². The van der Waals surface area contributed by atoms with E-state index < -0.39 is 0 Å². The highest BCUT2D eigenvalue weighted by Crippen LogP contribution is 2.24. The second kappa shape index (κ2) is 7.27. The lowest BCUT2D eigenvalue weighted by Gasteiger charge is -2.32. The molecular formula is C16H15BrClN3O2. The smallest absolute Gasteiger partial charge is 0.255 e. The van der Waals surface area contributed by atoms with Crippen molar-refractivity contribution in [3.8, 4) is 5.88 Å². The number of aromatic nitrogens is 2. The van der Waals surface area contributed by atoms with Gasteiger partial charge in [0.1, 0.15) is 6.10 Å². The molecule has 1 aromatic carbocycles. The van der Waals surface area contributed by atoms with Crippen LogP contribution in [0.25, 0.3) is 0 Å². The summed E-state index contributed by atoms with van der Waals surface area (Å²) in [7, 11) is 0. The van der Waals surface area contributed by atoms with E-state index >= 15 is 0 Å². The Morgan fingerprint density at radius 3 is 2.78 bits per heavy atom. The number of rotatable bonds is 3. The van der Waals surface area contributed by atoms with E-state index in [0.29, 0.717) is 29.6 Å². The molecule has 0 N–H and O–H groups in total. The fraction of sp³-hybridized carbons (Fsp3) is 0.312. The maximum absolute atomic E-state index is 12.6. The van der Waals surface area contributed by atoms with Crippen LogP contribution in [0.3, 0.4) is 0 Å². The molecule has 2 aromatic rings. The topological polar surface area (TPSA) is 55.3 Å². The van der Waals surface area contributed by atoms with Crippen LogP contribution in [-0.4, -0.2) is 40.2 Å². The Morgan fingerprint density at radius 1 is 1.30 bits per heavy atom. The highest BCUT2D eigenvalue weighted by molar-refractivity contribution is 9.10. The summed E-state index contributed by atoms with van der Waals surface area (Å²) in [5.74, 6) is 0.474. The minimum atomic E-state index is -0.0470. The van der Waals surface area contributed by atoms with Crippen LogP contribution in [-0.2, 0) is 0 Å². The summed E-state index contributed by atoms with van der Waals surface area (Å²) >= 11 is 9.51. The van der Waals surface area contributed by atoms with Crippen LogP contribution in [0.4, 0.5) is 0 Å². The Kier molecular flexibility index (Phi) is 5.13. The first kappa shape index (κ1) is 16.2. The maximum Gasteiger partial charge on any atom is 0.255 e. The molecule has 1 aliphatic heterocycles. The number of likely N-dealkylation sites (tertiary alicyclic amines) is 1. The normalized spacial score (nSPS) is 15.5. The Hall–Kier alpha value is -1.66. The van der Waals surface area contributed by atoms with Gasteiger partial charge < -0.3 is 9.64 Å². The molecule has 0 unspecified atom stereocenters. The van der Waals surface area contributed by atoms with Gasteiger partial charge in [-0.3, -0.25) is 4.79 Å². The van der Waals surface area contributed by atoms with Crippen molar-refractivity contribution in [3.63, 3.8) is 0 Å². The third kappa shape index (κ3) is 4.00. The predicted octanol–water partition coefficient (Wildman–Crippen LogP) is 3.58. The fourth-order valence-corrected chi connectivity index (χ4v) is 3.09. The molecule has 5 nitrogen and oxygen atoms in total. The zero-order valence-electron chi connectivity index (χ0n) is 12.3. The monoisotopic (exact) mass is 395 g/mol. The number of carbonyl (C=O) groups excluding carboxylic acids is 1. The molecule has 1 amide bonds. The van der Waals surface area contributed by atoms with Crippen molar-refractivity contribution in [2.24, 2.45) is 0 Å². The van der Waals surface area contributed by atoms with Gasteiger partial charge in [-0.25, -0.2) is 0 Å². The van der Waals surface area contributed by atoms with Gasteiger partial charge in [-0.15, -0.1) is 5.10 Å². The molecule has 0 bridgehead atoms. The SMILES string of the molecule is O=C(c1cc(Br)ccc1Cl)N1CCC(Oc2cccnn2)CC1. The van der Waals surface area contributed by atoms with Crippen molar-refractivity contribution in [1.82, 2.24) is 15.1 Å². The molecule has 3 rings (SSSR count). The van der Waals surface area contributed by atoms with Gasteiger partial charge >= 0.3 is 0 Å². The lowest BCUT2D eigenvalue weighted by molar-refractivity contribution is 0.0586. The average molecular weight is 397 g/mol. The van der Waals surface area contributed by atoms with E-state index in [1.807, 2.05) is 11.0 Å². The van der Waals surface area contributed by atoms with Gasteiger partial charge in [0.05, 0.1) is 10.6 Å². The van der Waals surface area contributed by atoms with Crippen LogP contribution >= 0.6 is 27.5 Å². The zero-order chi connectivity index (χ0) is 16.2. The standard InChI is InChI=1S/C16H15BrClN3O2/c17-11-3-4-14(18)13(10-11)16(22)21-8-5-12(6-9-21)23-15-2-1-7-19-20-15/h1-4,7,10,12H,5-6,8-9H2. The summed E-state index contributed by atoms with van der Waals surface area (Å²) in [5.41, 5.74) is 0.523. The first-order valence-electron chi connectivity index (χ1n) is 7.32. The molecule has 1 aromatic heterocycles. The minimum absolute atomic E-state index is 0.0470. The first-order valence-corrected chi connectivity index (χ1v) is 8.49. The molecule has 1 fully saturated rings. The highest BCUT2D eigenvalue weighted by atomic mass is 79.9. The van der Waals surface area contributed by atoms with Crippen LogP contribution in [0, 0.1) is 0 Å². The van der Waals surface area contributed by atoms with E-state index in [-0.39, 0.29) is 12.0 Å². The van der Waals surface area contributed by atoms with E-state index in [1.54, 1.807) is 30.5 Å². The van der Waals surface area contributed by atoms with Crippen molar-refractivity contribution < 1.29 is 9.53 Å². The Labute approximate surface area is 147 Å². The van der Waals surface area contributed by atoms with Crippen molar-refractivity contribution in [1.29, 1.82) is 0 Å². The molecule has 2 heterocycles. The number of carbonyl (C=O) groups is 1. The number of amides is 1. The number of piperidine rings is 1. The molecule has 0 spiro atoms. The zero-order valence-corrected chi connectivity index (χ0v) is 14.6. The van der Waals surface area contributed by atoms with Crippen molar-refractivity contribution in [2.45, 2.75) is 18.9 Å². The predicted molar refractivity (Wildman–Crippen MR) is 90.7 cm³/mol. The van der Waals surface area contributed by atoms with Crippen LogP contribution in [0.15, 0.2) is 41.0 Å². The molecule has 0 radical (unpaired) electrons. The molecular weight excluding hydrogens is 382 g/mol. The molecule has 1 aliphatic rings. The lowest BCUT2D eigenvalue weighted by Crippen LogP contribution is -2.42. The van der Waals surface area contributed by atoms with Gasteiger partial charge in [0.2, 0.25) is 5.88 Å². The van der Waals surface area contributed by atoms with Crippen LogP contribution in [0.1, 0.15) is 23.2 Å². The van der Waals surface area contributed by atoms with Crippen molar-refractivity contribution in [2.75, 3.05) is 13.1 Å². The summed E-state index contributed by atoms with van der Waals surface area (Å²) in [4.78, 5) is 14.4. The van der Waals surface area contributed by atoms with E-state index in [2.05, 4.69) is 26.1 Å². The quantitative estimate of drug-likeness (QED) is 0.796. The van der Waals surface area contributed by atoms with Gasteiger partial charge in [0.25, 0.3) is 5.91 Å². The molecule has 120 valence electrons. The summed E-state index contributed by atoms with van der Waals surface area (Å²) in [6.45, 7) is 1.26. The molecule has 0 atom stereocenters. The molecule has 1 saturated heterocycles. The first-order chi connectivity index (χ1) is 11.1. The number of benzene rings is 1. The number of nitrogens with zero attached hydrogens (tertiary/aromatic N) is 3. The van der Waals surface area contributed by atoms with Crippen LogP contribution in [0.2, 0.25) is 5.02 Å². The molecule has 0 aliphatic carbocycles. The lowest BCUT2D eigenvalue weighted by atomic mass is 10.1. The van der Waals surface area contributed by atoms with Gasteiger partial charge in [-0.05, 0) is 24.3 Å². The molecule has 0 saturated carbocycles. The Bertz CT molecular complexity index is 691. The summed E-state index contributed by atoms with van der Waals surface area (Å²) < 4.78 is 6.63. The molecule has 23 heavy (non-hydrogen) atoms. The van der Waals surface area contributed by atoms with Gasteiger partial charge in [-0.2, -0.15) is 5.10 Å². The van der Waals surface area contributed by atoms with Gasteiger partial charge in [-0.1, -0.05) is 27.5 Å². The molecule has 7 heteroatoms. The summed E-state index contributed by atoms with van der Waals surface area (Å²) in [6, 6.07) is 8.87. The fourth-order valence-electron chi connectivity index (χ4n) is 2.53. The number of halogens is 2. The van der Waals surface area contributed by atoms with Gasteiger partial charge in [0.15, 0.2) is 0 Å². The second-order valence-corrected chi connectivity index (χ2v) is 6.62. The minimum Gasteiger partial charge on any atom is -0.473 e. The van der Waals surface area contributed by atoms with Crippen LogP contribution < -0.4 is 4.74 Å². The van der Waals surface area contributed by atoms with Crippen molar-refractivity contribution in [3.05, 3.63) is 51.6 Å². The third-order valence-corrected chi connectivity index (χ3v) is 4.55. The number of hydrogen-bond donors (Lipinski definition) is 0. The maximum atomic E-state index is 12.6. The van der Waals surface area contributed by atoms with Crippen molar-refractivity contribution >= 4 is 33.4 Å². The Morgan fingerprint density at radius 2 is 2.09 bits per heavy atom. The Balaban J connectivity index is 1.60.